The zero-order valence-electron chi connectivity index (χ0n) is 12.3. The van der Waals surface area contributed by atoms with Gasteiger partial charge in [-0.15, -0.1) is 0 Å². The van der Waals surface area contributed by atoms with Gasteiger partial charge in [0.1, 0.15) is 6.04 Å². The standard InChI is InChI=1S/C13H13N5O5/c1-7-11(8(2)19)12(15-13(14-7)16-18(22)23)9-4-3-5-10(6-9)17(20)21/h3-6,12H,1-2H3,(H2,14,15,16)/t12-/m0/s1. The highest BCUT2D eigenvalue weighted by molar-refractivity contribution is 5.98. The van der Waals surface area contributed by atoms with E-state index in [0.717, 1.165) is 0 Å². The molecule has 1 aromatic rings. The first kappa shape index (κ1) is 16.1. The first-order valence-electron chi connectivity index (χ1n) is 6.51. The number of benzene rings is 1. The Morgan fingerprint density at radius 2 is 2.04 bits per heavy atom. The number of aliphatic imine (C=N–C) groups is 1. The summed E-state index contributed by atoms with van der Waals surface area (Å²) in [5, 5.41) is 23.3. The number of carbonyl (C=O) groups is 1. The Kier molecular flexibility index (Phi) is 4.35. The lowest BCUT2D eigenvalue weighted by molar-refractivity contribution is -0.525. The van der Waals surface area contributed by atoms with Crippen molar-refractivity contribution in [1.82, 2.24) is 10.7 Å². The molecule has 23 heavy (non-hydrogen) atoms. The van der Waals surface area contributed by atoms with E-state index in [1.165, 1.54) is 25.1 Å². The number of nitrogens with one attached hydrogen (secondary N) is 2. The predicted molar refractivity (Wildman–Crippen MR) is 79.9 cm³/mol. The number of guanidine groups is 1. The molecule has 0 unspecified atom stereocenters. The van der Waals surface area contributed by atoms with Crippen LogP contribution in [0.1, 0.15) is 25.5 Å². The number of carbonyl (C=O) groups excluding carboxylic acids is 1. The van der Waals surface area contributed by atoms with Gasteiger partial charge in [-0.25, -0.2) is 15.1 Å². The molecule has 0 bridgehead atoms. The van der Waals surface area contributed by atoms with Gasteiger partial charge in [0.25, 0.3) is 11.6 Å². The molecule has 120 valence electrons. The van der Waals surface area contributed by atoms with Crippen LogP contribution in [0.2, 0.25) is 0 Å². The Morgan fingerprint density at radius 1 is 1.35 bits per heavy atom. The zero-order chi connectivity index (χ0) is 17.1. The van der Waals surface area contributed by atoms with E-state index in [-0.39, 0.29) is 17.4 Å². The van der Waals surface area contributed by atoms with Crippen molar-refractivity contribution >= 4 is 17.4 Å². The summed E-state index contributed by atoms with van der Waals surface area (Å²) < 4.78 is 0. The smallest absolute Gasteiger partial charge is 0.269 e. The van der Waals surface area contributed by atoms with E-state index >= 15 is 0 Å². The Balaban J connectivity index is 2.52. The molecule has 1 heterocycles. The largest absolute Gasteiger partial charge is 0.325 e. The lowest BCUT2D eigenvalue weighted by atomic mass is 9.93. The Bertz CT molecular complexity index is 755. The second-order valence-electron chi connectivity index (χ2n) is 4.82. The van der Waals surface area contributed by atoms with E-state index in [2.05, 4.69) is 10.3 Å². The van der Waals surface area contributed by atoms with Crippen molar-refractivity contribution in [3.05, 3.63) is 61.3 Å². The Labute approximate surface area is 130 Å². The summed E-state index contributed by atoms with van der Waals surface area (Å²) in [7, 11) is 0. The predicted octanol–water partition coefficient (Wildman–Crippen LogP) is 1.24. The van der Waals surface area contributed by atoms with Gasteiger partial charge in [0.2, 0.25) is 0 Å². The number of hydrogen-bond donors (Lipinski definition) is 2. The van der Waals surface area contributed by atoms with Crippen molar-refractivity contribution in [1.29, 1.82) is 0 Å². The molecule has 1 aromatic carbocycles. The summed E-state index contributed by atoms with van der Waals surface area (Å²) in [6.07, 6.45) is 0. The fraction of sp³-hybridized carbons (Fsp3) is 0.231. The zero-order valence-corrected chi connectivity index (χ0v) is 12.3. The average Bonchev–Trinajstić information content (AvgIpc) is 2.45. The van der Waals surface area contributed by atoms with Crippen LogP contribution in [0.4, 0.5) is 5.69 Å². The highest BCUT2D eigenvalue weighted by atomic mass is 16.7. The normalized spacial score (nSPS) is 17.1. The summed E-state index contributed by atoms with van der Waals surface area (Å²) in [4.78, 5) is 36.9. The molecule has 10 heteroatoms. The molecule has 0 saturated heterocycles. The average molecular weight is 319 g/mol. The third-order valence-corrected chi connectivity index (χ3v) is 3.21. The first-order chi connectivity index (χ1) is 10.8. The van der Waals surface area contributed by atoms with E-state index < -0.39 is 16.0 Å². The van der Waals surface area contributed by atoms with Gasteiger partial charge < -0.3 is 5.32 Å². The van der Waals surface area contributed by atoms with Crippen molar-refractivity contribution in [2.24, 2.45) is 4.99 Å². The van der Waals surface area contributed by atoms with Gasteiger partial charge in [0.05, 0.1) is 4.92 Å². The van der Waals surface area contributed by atoms with Gasteiger partial charge in [-0.1, -0.05) is 17.6 Å². The third kappa shape index (κ3) is 3.48. The van der Waals surface area contributed by atoms with Gasteiger partial charge in [-0.3, -0.25) is 14.9 Å². The number of hydrogen-bond acceptors (Lipinski definition) is 7. The molecule has 1 aliphatic rings. The number of non-ortho nitro benzene ring substituents is 1. The number of Topliss-reactive ketones (excluding diaryl/α,β-unsaturated/α-hetero) is 1. The van der Waals surface area contributed by atoms with Crippen LogP contribution in [0.25, 0.3) is 0 Å². The van der Waals surface area contributed by atoms with Crippen LogP contribution in [0, 0.1) is 20.2 Å². The molecule has 1 atom stereocenters. The number of nitrogens with zero attached hydrogens (tertiary/aromatic N) is 3. The van der Waals surface area contributed by atoms with Gasteiger partial charge in [0, 0.05) is 23.4 Å². The molecule has 0 aliphatic carbocycles. The third-order valence-electron chi connectivity index (χ3n) is 3.21. The van der Waals surface area contributed by atoms with Gasteiger partial charge in [-0.2, -0.15) is 0 Å². The lowest BCUT2D eigenvalue weighted by Crippen LogP contribution is -2.43. The Morgan fingerprint density at radius 3 is 2.61 bits per heavy atom. The topological polar surface area (TPSA) is 140 Å². The maximum absolute atomic E-state index is 11.9. The molecule has 10 nitrogen and oxygen atoms in total. The van der Waals surface area contributed by atoms with Crippen molar-refractivity contribution in [3.63, 3.8) is 0 Å². The second-order valence-corrected chi connectivity index (χ2v) is 4.82. The SMILES string of the molecule is CC(=O)C1=C(C)NC(N[N+](=O)[O-])=N[C@H]1c1cccc([N+](=O)[O-])c1. The second kappa shape index (κ2) is 6.22. The van der Waals surface area contributed by atoms with Crippen molar-refractivity contribution in [2.45, 2.75) is 19.9 Å². The summed E-state index contributed by atoms with van der Waals surface area (Å²) in [6, 6.07) is 4.79. The van der Waals surface area contributed by atoms with E-state index in [0.29, 0.717) is 16.8 Å². The number of nitro groups is 2. The molecular formula is C13H13N5O5. The number of allylic oxidation sites excluding steroid dienone is 1. The number of hydrazine groups is 1. The first-order valence-corrected chi connectivity index (χ1v) is 6.51. The summed E-state index contributed by atoms with van der Waals surface area (Å²) in [6.45, 7) is 2.92. The summed E-state index contributed by atoms with van der Waals surface area (Å²) in [5.74, 6) is -0.426. The molecule has 0 saturated carbocycles. The van der Waals surface area contributed by atoms with Crippen molar-refractivity contribution in [3.8, 4) is 0 Å². The van der Waals surface area contributed by atoms with E-state index in [1.807, 2.05) is 5.43 Å². The fourth-order valence-corrected chi connectivity index (χ4v) is 2.33. The van der Waals surface area contributed by atoms with Crippen molar-refractivity contribution in [2.75, 3.05) is 0 Å². The number of ketones is 1. The van der Waals surface area contributed by atoms with Crippen LogP contribution < -0.4 is 10.7 Å². The van der Waals surface area contributed by atoms with Crippen LogP contribution in [0.15, 0.2) is 40.5 Å². The van der Waals surface area contributed by atoms with Crippen LogP contribution in [0.5, 0.6) is 0 Å². The van der Waals surface area contributed by atoms with Crippen LogP contribution in [-0.2, 0) is 4.79 Å². The molecule has 0 amide bonds. The molecule has 2 N–H and O–H groups in total. The quantitative estimate of drug-likeness (QED) is 0.628. The minimum Gasteiger partial charge on any atom is -0.325 e. The maximum Gasteiger partial charge on any atom is 0.269 e. The minimum atomic E-state index is -0.865. The highest BCUT2D eigenvalue weighted by Crippen LogP contribution is 2.32. The Hall–Kier alpha value is -3.30. The molecule has 2 rings (SSSR count). The maximum atomic E-state index is 11.9. The minimum absolute atomic E-state index is 0.144. The van der Waals surface area contributed by atoms with E-state index in [4.69, 9.17) is 0 Å². The number of nitro benzene ring substituents is 1. The van der Waals surface area contributed by atoms with Crippen LogP contribution in [0.3, 0.4) is 0 Å². The molecule has 0 aromatic heterocycles. The molecule has 0 fully saturated rings. The monoisotopic (exact) mass is 319 g/mol. The number of rotatable bonds is 4. The van der Waals surface area contributed by atoms with Crippen LogP contribution in [-0.4, -0.2) is 21.7 Å². The highest BCUT2D eigenvalue weighted by Gasteiger charge is 2.29. The van der Waals surface area contributed by atoms with Gasteiger partial charge in [-0.05, 0) is 19.4 Å². The summed E-state index contributed by atoms with van der Waals surface area (Å²) >= 11 is 0. The van der Waals surface area contributed by atoms with E-state index in [9.17, 15) is 25.0 Å². The molecular weight excluding hydrogens is 306 g/mol. The molecule has 1 aliphatic heterocycles. The van der Waals surface area contributed by atoms with Crippen LogP contribution >= 0.6 is 0 Å². The lowest BCUT2D eigenvalue weighted by Gasteiger charge is -2.24. The van der Waals surface area contributed by atoms with Gasteiger partial charge >= 0.3 is 0 Å². The van der Waals surface area contributed by atoms with E-state index in [1.54, 1.807) is 13.0 Å². The summed E-state index contributed by atoms with van der Waals surface area (Å²) in [5.41, 5.74) is 2.82. The van der Waals surface area contributed by atoms with Crippen molar-refractivity contribution < 1.29 is 14.8 Å². The molecule has 0 spiro atoms. The van der Waals surface area contributed by atoms with Gasteiger partial charge in [0.15, 0.2) is 10.8 Å². The molecule has 0 radical (unpaired) electrons. The fourth-order valence-electron chi connectivity index (χ4n) is 2.33.